The summed E-state index contributed by atoms with van der Waals surface area (Å²) in [6, 6.07) is -7.24. The molecule has 6 fully saturated rings. The van der Waals surface area contributed by atoms with Gasteiger partial charge in [-0.05, 0) is 41.5 Å². The van der Waals surface area contributed by atoms with Crippen molar-refractivity contribution in [1.82, 2.24) is 31.9 Å². The number of carbonyl (C=O) groups is 6. The topological polar surface area (TPSA) is 438 Å². The summed E-state index contributed by atoms with van der Waals surface area (Å²) < 4.78 is 67.0. The van der Waals surface area contributed by atoms with Gasteiger partial charge in [0.15, 0.2) is 37.7 Å². The summed E-state index contributed by atoms with van der Waals surface area (Å²) in [5, 5.41) is 106. The number of hydrogen-bond donors (Lipinski definition) is 14. The van der Waals surface area contributed by atoms with Crippen LogP contribution < -0.4 is 31.9 Å². The zero-order valence-electron chi connectivity index (χ0n) is 40.3. The number of hydrogen-bond acceptors (Lipinski definition) is 25. The van der Waals surface area contributed by atoms with E-state index in [1.54, 1.807) is 0 Å². The lowest BCUT2D eigenvalue weighted by Crippen LogP contribution is -2.70. The van der Waals surface area contributed by atoms with Crippen LogP contribution in [-0.2, 0) is 80.9 Å². The van der Waals surface area contributed by atoms with Crippen LogP contribution in [0.15, 0.2) is 0 Å². The third-order valence-corrected chi connectivity index (χ3v) is 14.0. The minimum absolute atomic E-state index is 0.262. The number of aliphatic hydroxyl groups is 8. The molecule has 0 aromatic rings. The standard InChI is InChI=1S/C42H68N6O25/c1-13-20(44-8-50)26(56)32(37(62)63-13)69-39-34(28(58)22(46-10-52)15(3)65-39)71-41-36(30(60)24(48-12-54)17(5)67-41)73-42-35(29(59)23(47-11-53)18(6)68-42)72-40-33(27(57)21(45-9-51)16(4)66-40)70-38-31(61)25(55)19(43-7-49)14(2)64-38/h7-42,55-62H,1-6H3,(H,43,49)(H,44,50)(H,45,51)(H,46,52)(H,47,53)(H,48,54)/t13-,14-,15-,16-,17-,18-,19-,20-,21-,22-,23-,24-,25+,26+,27+,28+,29+,30+,31+,32+,33+,34+,35+,36+,37+,38-,39-,40-,41-,42-/m1/s1. The molecule has 73 heavy (non-hydrogen) atoms. The molecule has 6 aliphatic rings. The predicted octanol–water partition coefficient (Wildman–Crippen LogP) is -9.41. The van der Waals surface area contributed by atoms with E-state index in [4.69, 9.17) is 52.1 Å². The molecule has 6 heterocycles. The van der Waals surface area contributed by atoms with Crippen LogP contribution in [0, 0.1) is 0 Å². The van der Waals surface area contributed by atoms with Gasteiger partial charge in [0.2, 0.25) is 38.5 Å². The molecule has 0 aliphatic carbocycles. The summed E-state index contributed by atoms with van der Waals surface area (Å²) in [4.78, 5) is 69.9. The number of amides is 6. The lowest BCUT2D eigenvalue weighted by molar-refractivity contribution is -0.400. The Morgan fingerprint density at radius 3 is 0.767 bits per heavy atom. The highest BCUT2D eigenvalue weighted by atomic mass is 16.8. The molecule has 0 saturated carbocycles. The van der Waals surface area contributed by atoms with Gasteiger partial charge in [-0.25, -0.2) is 0 Å². The van der Waals surface area contributed by atoms with E-state index in [0.717, 1.165) is 0 Å². The average molecular weight is 1060 g/mol. The Hall–Kier alpha value is -3.94. The second-order valence-electron chi connectivity index (χ2n) is 18.6. The molecule has 31 heteroatoms. The molecular weight excluding hydrogens is 988 g/mol. The van der Waals surface area contributed by atoms with Crippen LogP contribution in [0.1, 0.15) is 41.5 Å². The Morgan fingerprint density at radius 2 is 0.493 bits per heavy atom. The van der Waals surface area contributed by atoms with Crippen molar-refractivity contribution in [2.75, 3.05) is 0 Å². The van der Waals surface area contributed by atoms with Gasteiger partial charge in [-0.3, -0.25) is 28.8 Å². The predicted molar refractivity (Wildman–Crippen MR) is 233 cm³/mol. The zero-order valence-corrected chi connectivity index (χ0v) is 40.3. The molecule has 0 aromatic heterocycles. The fraction of sp³-hybridized carbons (Fsp3) is 0.857. The van der Waals surface area contributed by atoms with Gasteiger partial charge >= 0.3 is 0 Å². The Labute approximate surface area is 417 Å². The molecule has 6 amide bonds. The Balaban J connectivity index is 1.35. The normalized spacial score (nSPS) is 49.2. The largest absolute Gasteiger partial charge is 0.388 e. The van der Waals surface area contributed by atoms with Gasteiger partial charge in [0.1, 0.15) is 73.2 Å². The minimum Gasteiger partial charge on any atom is -0.388 e. The number of nitrogens with one attached hydrogen (secondary N) is 6. The summed E-state index contributed by atoms with van der Waals surface area (Å²) in [7, 11) is 0. The van der Waals surface area contributed by atoms with Crippen molar-refractivity contribution in [3.63, 3.8) is 0 Å². The number of carbonyl (C=O) groups excluding carboxylic acids is 6. The molecule has 30 atom stereocenters. The maximum atomic E-state index is 12.1. The van der Waals surface area contributed by atoms with Crippen molar-refractivity contribution in [3.05, 3.63) is 0 Å². The summed E-state index contributed by atoms with van der Waals surface area (Å²) >= 11 is 0. The van der Waals surface area contributed by atoms with Gasteiger partial charge in [0, 0.05) is 0 Å². The summed E-state index contributed by atoms with van der Waals surface area (Å²) in [6.45, 7) is 8.66. The minimum atomic E-state index is -1.90. The molecule has 0 bridgehead atoms. The van der Waals surface area contributed by atoms with E-state index in [1.807, 2.05) is 0 Å². The van der Waals surface area contributed by atoms with E-state index in [9.17, 15) is 69.6 Å². The molecule has 6 saturated heterocycles. The highest BCUT2D eigenvalue weighted by Crippen LogP contribution is 2.37. The monoisotopic (exact) mass is 1060 g/mol. The first kappa shape index (κ1) is 58.3. The number of ether oxygens (including phenoxy) is 11. The van der Waals surface area contributed by atoms with Crippen LogP contribution in [0.25, 0.3) is 0 Å². The summed E-state index contributed by atoms with van der Waals surface area (Å²) in [6.07, 6.45) is -37.1. The van der Waals surface area contributed by atoms with Crippen molar-refractivity contribution < 1.29 is 122 Å². The van der Waals surface area contributed by atoms with Crippen LogP contribution in [0.3, 0.4) is 0 Å². The maximum absolute atomic E-state index is 12.1. The third kappa shape index (κ3) is 12.5. The van der Waals surface area contributed by atoms with Gasteiger partial charge in [-0.1, -0.05) is 0 Å². The fourth-order valence-electron chi connectivity index (χ4n) is 10.1. The third-order valence-electron chi connectivity index (χ3n) is 14.0. The van der Waals surface area contributed by atoms with Gasteiger partial charge in [0.05, 0.1) is 72.9 Å². The molecule has 0 unspecified atom stereocenters. The van der Waals surface area contributed by atoms with E-state index in [0.29, 0.717) is 6.41 Å². The molecular formula is C42H68N6O25. The Morgan fingerprint density at radius 1 is 0.288 bits per heavy atom. The smallest absolute Gasteiger partial charge is 0.207 e. The van der Waals surface area contributed by atoms with Crippen LogP contribution in [0.5, 0.6) is 0 Å². The summed E-state index contributed by atoms with van der Waals surface area (Å²) in [5.74, 6) is 0. The van der Waals surface area contributed by atoms with Gasteiger partial charge in [0.25, 0.3) is 0 Å². The lowest BCUT2D eigenvalue weighted by atomic mass is 9.93. The molecule has 6 aliphatic heterocycles. The first-order valence-corrected chi connectivity index (χ1v) is 23.6. The van der Waals surface area contributed by atoms with Crippen LogP contribution >= 0.6 is 0 Å². The molecule has 0 spiro atoms. The molecule has 0 radical (unpaired) electrons. The van der Waals surface area contributed by atoms with Crippen molar-refractivity contribution in [2.24, 2.45) is 0 Å². The average Bonchev–Trinajstić information content (AvgIpc) is 3.34. The van der Waals surface area contributed by atoms with E-state index in [1.165, 1.54) is 41.5 Å². The molecule has 6 rings (SSSR count). The quantitative estimate of drug-likeness (QED) is 0.0448. The molecule has 416 valence electrons. The zero-order chi connectivity index (χ0) is 53.6. The van der Waals surface area contributed by atoms with E-state index in [2.05, 4.69) is 31.9 Å². The lowest BCUT2D eigenvalue weighted by Gasteiger charge is -2.51. The fourth-order valence-corrected chi connectivity index (χ4v) is 10.1. The molecule has 0 aromatic carbocycles. The highest BCUT2D eigenvalue weighted by Gasteiger charge is 2.58. The second kappa shape index (κ2) is 25.7. The van der Waals surface area contributed by atoms with E-state index in [-0.39, 0.29) is 32.1 Å². The Kier molecular flexibility index (Phi) is 20.6. The SMILES string of the molecule is C[C@H]1O[C@H](O[C@@H]2[C@@H](O[C@@H]3[C@@H](O[C@@H]4[C@@H](O[C@@H]5[C@@H](O[C@H]6[C@@H](O)[C@H](NC=O)[C@@H](C)O[C@@H]6O)O[C@H](C)[C@@H](NC=O)[C@@H]5O)O[C@H](C)[C@@H](NC=O)[C@@H]4O)O[C@H](C)[C@@H](NC=O)[C@@H]3O)O[C@H](C)[C@@H](NC=O)[C@@H]2O)[C@@H](O)[C@@H](O)[C@@H]1NC=O. The second-order valence-corrected chi connectivity index (χ2v) is 18.6. The van der Waals surface area contributed by atoms with Crippen molar-refractivity contribution in [3.8, 4) is 0 Å². The maximum Gasteiger partial charge on any atom is 0.207 e. The summed E-state index contributed by atoms with van der Waals surface area (Å²) in [5.41, 5.74) is 0. The van der Waals surface area contributed by atoms with Crippen LogP contribution in [0.2, 0.25) is 0 Å². The number of aliphatic hydroxyl groups excluding tert-OH is 8. The van der Waals surface area contributed by atoms with Crippen molar-refractivity contribution in [1.29, 1.82) is 0 Å². The first-order chi connectivity index (χ1) is 34.8. The Bertz CT molecular complexity index is 1820. The van der Waals surface area contributed by atoms with Crippen molar-refractivity contribution >= 4 is 38.5 Å². The van der Waals surface area contributed by atoms with Crippen LogP contribution in [0.4, 0.5) is 0 Å². The van der Waals surface area contributed by atoms with Crippen molar-refractivity contribution in [2.45, 2.75) is 225 Å². The van der Waals surface area contributed by atoms with Gasteiger partial charge < -0.3 is 125 Å². The molecule has 14 N–H and O–H groups in total. The number of rotatable bonds is 22. The van der Waals surface area contributed by atoms with Gasteiger partial charge in [-0.2, -0.15) is 0 Å². The van der Waals surface area contributed by atoms with E-state index >= 15 is 0 Å². The van der Waals surface area contributed by atoms with Gasteiger partial charge in [-0.15, -0.1) is 0 Å². The molecule has 31 nitrogen and oxygen atoms in total. The first-order valence-electron chi connectivity index (χ1n) is 23.6. The highest BCUT2D eigenvalue weighted by molar-refractivity contribution is 5.49. The van der Waals surface area contributed by atoms with E-state index < -0.39 is 184 Å². The van der Waals surface area contributed by atoms with Crippen LogP contribution in [-0.4, -0.2) is 263 Å².